The molecule has 0 bridgehead atoms. The van der Waals surface area contributed by atoms with Gasteiger partial charge in [0.15, 0.2) is 0 Å². The molecule has 0 atom stereocenters. The van der Waals surface area contributed by atoms with Crippen molar-refractivity contribution in [1.82, 2.24) is 0 Å². The minimum Gasteiger partial charge on any atom is -0.832 e. The Morgan fingerprint density at radius 1 is 0.216 bits per heavy atom. The van der Waals surface area contributed by atoms with Gasteiger partial charge in [-0.05, 0) is 0 Å². The van der Waals surface area contributed by atoms with E-state index in [-0.39, 0.29) is 29.6 Å². The molecule has 0 unspecified atom stereocenters. The Labute approximate surface area is 231 Å². The van der Waals surface area contributed by atoms with E-state index in [2.05, 4.69) is 0 Å². The number of hydrogen-bond donors (Lipinski definition) is 26. The molecule has 37 heteroatoms. The van der Waals surface area contributed by atoms with E-state index < -0.39 is 65.9 Å². The summed E-state index contributed by atoms with van der Waals surface area (Å²) in [6.07, 6.45) is 0. The quantitative estimate of drug-likeness (QED) is 0.118. The molecule has 0 spiro atoms. The third-order valence-corrected chi connectivity index (χ3v) is 0. The van der Waals surface area contributed by atoms with Crippen LogP contribution in [0.5, 0.6) is 0 Å². The van der Waals surface area contributed by atoms with Crippen LogP contribution in [0.3, 0.4) is 0 Å². The van der Waals surface area contributed by atoms with E-state index in [0.29, 0.717) is 0 Å². The first-order valence-corrected chi connectivity index (χ1v) is 6.95. The van der Waals surface area contributed by atoms with Gasteiger partial charge in [0.2, 0.25) is 0 Å². The molecule has 0 aromatic heterocycles. The van der Waals surface area contributed by atoms with Crippen LogP contribution in [-0.4, -0.2) is 197 Å². The second-order valence-electron chi connectivity index (χ2n) is 3.10. The van der Waals surface area contributed by atoms with Crippen LogP contribution in [-0.2, 0) is 0 Å². The molecule has 0 aromatic rings. The molecule has 0 rings (SSSR count). The molecular formula is H26B9NaO27. The monoisotopic (exact) mass is 580 g/mol. The first kappa shape index (κ1) is 66.1. The molecule has 216 valence electrons. The Morgan fingerprint density at radius 2 is 0.216 bits per heavy atom. The van der Waals surface area contributed by atoms with Crippen LogP contribution >= 0.6 is 0 Å². The van der Waals surface area contributed by atoms with Crippen molar-refractivity contribution >= 4 is 65.9 Å². The van der Waals surface area contributed by atoms with Gasteiger partial charge in [-0.15, -0.1) is 0 Å². The summed E-state index contributed by atoms with van der Waals surface area (Å²) in [4.78, 5) is 0. The summed E-state index contributed by atoms with van der Waals surface area (Å²) >= 11 is 0. The average molecular weight is 578 g/mol. The molecule has 0 aliphatic rings. The standard InChI is InChI=1S/8BH3O3.BH2O3.Na/c9*2-1(3)4;/h8*2-4H;2-3H;/q;;;;;;;;-1;+1. The van der Waals surface area contributed by atoms with Gasteiger partial charge in [0.05, 0.1) is 0 Å². The largest absolute Gasteiger partial charge is 1.00 e. The van der Waals surface area contributed by atoms with Crippen molar-refractivity contribution in [1.29, 1.82) is 0 Å². The van der Waals surface area contributed by atoms with E-state index in [1.54, 1.807) is 0 Å². The molecule has 0 aliphatic carbocycles. The smallest absolute Gasteiger partial charge is 0.832 e. The van der Waals surface area contributed by atoms with Gasteiger partial charge >= 0.3 is 95.4 Å². The van der Waals surface area contributed by atoms with Crippen molar-refractivity contribution in [3.8, 4) is 0 Å². The molecule has 37 heavy (non-hydrogen) atoms. The zero-order valence-corrected chi connectivity index (χ0v) is 20.2. The summed E-state index contributed by atoms with van der Waals surface area (Å²) in [5.74, 6) is 0. The molecule has 0 radical (unpaired) electrons. The summed E-state index contributed by atoms with van der Waals surface area (Å²) in [5, 5.41) is 195. The third kappa shape index (κ3) is 171000. The first-order chi connectivity index (χ1) is 15.6. The third-order valence-electron chi connectivity index (χ3n) is 0. The average Bonchev–Trinajstić information content (AvgIpc) is 2.39. The van der Waals surface area contributed by atoms with Crippen molar-refractivity contribution in [2.45, 2.75) is 0 Å². The number of rotatable bonds is 0. The Balaban J connectivity index is -0.0000000276. The first-order valence-electron chi connectivity index (χ1n) is 6.95. The molecule has 0 saturated heterocycles. The summed E-state index contributed by atoms with van der Waals surface area (Å²) < 4.78 is 0. The van der Waals surface area contributed by atoms with E-state index >= 15 is 0 Å². The van der Waals surface area contributed by atoms with Gasteiger partial charge in [0.25, 0.3) is 0 Å². The van der Waals surface area contributed by atoms with Gasteiger partial charge in [0.1, 0.15) is 0 Å². The summed E-state index contributed by atoms with van der Waals surface area (Å²) in [5.41, 5.74) is 0. The second kappa shape index (κ2) is 60.8. The van der Waals surface area contributed by atoms with Crippen LogP contribution < -0.4 is 34.6 Å². The molecule has 27 nitrogen and oxygen atoms in total. The summed E-state index contributed by atoms with van der Waals surface area (Å²) in [6, 6.07) is 0. The van der Waals surface area contributed by atoms with Crippen molar-refractivity contribution < 1.29 is 165 Å². The second-order valence-corrected chi connectivity index (χ2v) is 3.10. The summed E-state index contributed by atoms with van der Waals surface area (Å²) in [7, 11) is -19.8. The fourth-order valence-electron chi connectivity index (χ4n) is 0. The van der Waals surface area contributed by atoms with Crippen LogP contribution in [0.4, 0.5) is 0 Å². The van der Waals surface area contributed by atoms with Gasteiger partial charge < -0.3 is 136 Å². The fraction of sp³-hybridized carbons (Fsp3) is 0. The maximum atomic E-state index is 8.64. The predicted molar refractivity (Wildman–Crippen MR) is 109 cm³/mol. The SMILES string of the molecule is OB(O)O.OB(O)O.OB(O)O.OB(O)O.OB(O)O.OB(O)O.OB(O)O.OB(O)O.[Na+].[O-]B(O)O. The molecule has 0 heterocycles. The van der Waals surface area contributed by atoms with Crippen molar-refractivity contribution in [3.05, 3.63) is 0 Å². The van der Waals surface area contributed by atoms with Crippen molar-refractivity contribution in [2.24, 2.45) is 0 Å². The Kier molecular flexibility index (Phi) is 109. The van der Waals surface area contributed by atoms with Gasteiger partial charge in [0, 0.05) is 0 Å². The molecule has 0 aromatic carbocycles. The summed E-state index contributed by atoms with van der Waals surface area (Å²) in [6.45, 7) is 0. The van der Waals surface area contributed by atoms with Gasteiger partial charge in [-0.2, -0.15) is 0 Å². The maximum Gasteiger partial charge on any atom is 1.00 e. The molecule has 26 N–H and O–H groups in total. The van der Waals surface area contributed by atoms with Crippen LogP contribution in [0.15, 0.2) is 0 Å². The van der Waals surface area contributed by atoms with E-state index in [1.165, 1.54) is 0 Å². The molecule has 0 amide bonds. The van der Waals surface area contributed by atoms with E-state index in [1.807, 2.05) is 0 Å². The van der Waals surface area contributed by atoms with Gasteiger partial charge in [-0.25, -0.2) is 0 Å². The fourth-order valence-corrected chi connectivity index (χ4v) is 0. The Hall–Kier alpha value is 0.504. The van der Waals surface area contributed by atoms with Crippen molar-refractivity contribution in [2.75, 3.05) is 0 Å². The van der Waals surface area contributed by atoms with Crippen LogP contribution in [0.1, 0.15) is 0 Å². The zero-order chi connectivity index (χ0) is 32.2. The van der Waals surface area contributed by atoms with Crippen LogP contribution in [0.2, 0.25) is 0 Å². The van der Waals surface area contributed by atoms with E-state index in [0.717, 1.165) is 0 Å². The Bertz CT molecular complexity index is 164. The molecule has 0 aliphatic heterocycles. The Morgan fingerprint density at radius 3 is 0.216 bits per heavy atom. The van der Waals surface area contributed by atoms with Crippen LogP contribution in [0.25, 0.3) is 0 Å². The normalized spacial score (nSPS) is 6.57. The van der Waals surface area contributed by atoms with E-state index in [4.69, 9.17) is 136 Å². The number of hydrogen-bond acceptors (Lipinski definition) is 27. The zero-order valence-electron chi connectivity index (χ0n) is 18.2. The van der Waals surface area contributed by atoms with Crippen molar-refractivity contribution in [3.63, 3.8) is 0 Å². The topological polar surface area (TPSA) is 549 Å². The molecule has 0 fully saturated rings. The van der Waals surface area contributed by atoms with Gasteiger partial charge in [-0.1, -0.05) is 0 Å². The van der Waals surface area contributed by atoms with Crippen LogP contribution in [0, 0.1) is 0 Å². The molecular weight excluding hydrogens is 552 g/mol. The van der Waals surface area contributed by atoms with E-state index in [9.17, 15) is 0 Å². The predicted octanol–water partition coefficient (Wildman–Crippen LogP) is -22.1. The molecule has 0 saturated carbocycles. The van der Waals surface area contributed by atoms with Gasteiger partial charge in [-0.3, -0.25) is 0 Å². The maximum absolute atomic E-state index is 8.64. The minimum atomic E-state index is -2.42. The minimum absolute atomic E-state index is 0.